The molecule has 0 saturated carbocycles. The zero-order chi connectivity index (χ0) is 27.9. The Morgan fingerprint density at radius 2 is 1.90 bits per heavy atom. The maximum atomic E-state index is 13.7. The molecule has 0 amide bonds. The van der Waals surface area contributed by atoms with Crippen molar-refractivity contribution < 1.29 is 5.11 Å². The number of nitrogen functional groups attached to an aromatic ring is 1. The van der Waals surface area contributed by atoms with Gasteiger partial charge in [0.2, 0.25) is 0 Å². The summed E-state index contributed by atoms with van der Waals surface area (Å²) in [6.07, 6.45) is 4.97. The zero-order valence-corrected chi connectivity index (χ0v) is 23.1. The third-order valence-corrected chi connectivity index (χ3v) is 7.05. The molecule has 0 bridgehead atoms. The third-order valence-electron chi connectivity index (χ3n) is 6.69. The molecule has 1 unspecified atom stereocenters. The van der Waals surface area contributed by atoms with Crippen LogP contribution in [0, 0.1) is 0 Å². The van der Waals surface area contributed by atoms with Gasteiger partial charge in [-0.15, -0.1) is 0 Å². The fourth-order valence-electron chi connectivity index (χ4n) is 4.54. The van der Waals surface area contributed by atoms with Crippen molar-refractivity contribution in [1.29, 1.82) is 0 Å². The van der Waals surface area contributed by atoms with Crippen molar-refractivity contribution in [2.24, 2.45) is 0 Å². The van der Waals surface area contributed by atoms with E-state index in [0.717, 1.165) is 11.1 Å². The van der Waals surface area contributed by atoms with E-state index in [1.165, 1.54) is 4.57 Å². The Balaban J connectivity index is 1.81. The number of imidazole rings is 1. The highest BCUT2D eigenvalue weighted by molar-refractivity contribution is 6.31. The lowest BCUT2D eigenvalue weighted by molar-refractivity contribution is 0.167. The second-order valence-corrected chi connectivity index (χ2v) is 9.94. The number of aliphatic hydroxyl groups is 1. The van der Waals surface area contributed by atoms with Gasteiger partial charge in [-0.05, 0) is 48.6 Å². The molecule has 0 aliphatic rings. The average Bonchev–Trinajstić information content (AvgIpc) is 3.28. The van der Waals surface area contributed by atoms with Crippen LogP contribution in [-0.4, -0.2) is 53.2 Å². The topological polar surface area (TPSA) is 146 Å². The molecule has 0 spiro atoms. The average molecular weight is 555 g/mol. The molecule has 4 aromatic rings. The van der Waals surface area contributed by atoms with E-state index in [1.54, 1.807) is 29.1 Å². The Bertz CT molecular complexity index is 1530. The molecule has 0 fully saturated rings. The van der Waals surface area contributed by atoms with Crippen LogP contribution in [0.4, 0.5) is 5.69 Å². The van der Waals surface area contributed by atoms with E-state index in [0.29, 0.717) is 79.6 Å². The molecule has 0 aliphatic carbocycles. The highest BCUT2D eigenvalue weighted by Gasteiger charge is 2.22. The number of aliphatic hydroxyl groups excluding tert-OH is 1. The number of anilines is 1. The van der Waals surface area contributed by atoms with Crippen LogP contribution in [-0.2, 0) is 32.5 Å². The minimum absolute atomic E-state index is 0.289. The van der Waals surface area contributed by atoms with Gasteiger partial charge in [0.05, 0.1) is 12.3 Å². The second-order valence-electron chi connectivity index (χ2n) is 9.54. The lowest BCUT2D eigenvalue weighted by Gasteiger charge is -2.14. The Labute approximate surface area is 231 Å². The van der Waals surface area contributed by atoms with E-state index in [4.69, 9.17) is 22.3 Å². The van der Waals surface area contributed by atoms with E-state index < -0.39 is 11.8 Å². The van der Waals surface area contributed by atoms with Gasteiger partial charge in [0, 0.05) is 56.1 Å². The summed E-state index contributed by atoms with van der Waals surface area (Å²) >= 11 is 6.41. The van der Waals surface area contributed by atoms with Gasteiger partial charge in [0.15, 0.2) is 11.2 Å². The molecule has 0 saturated heterocycles. The molecule has 12 heteroatoms. The fraction of sp³-hybridized carbons (Fsp3) is 0.444. The maximum absolute atomic E-state index is 13.7. The Morgan fingerprint density at radius 3 is 2.59 bits per heavy atom. The number of benzene rings is 1. The molecular formula is C27H35ClN8O3. The number of nitrogens with one attached hydrogen (secondary N) is 1. The van der Waals surface area contributed by atoms with E-state index in [1.807, 2.05) is 30.5 Å². The Hall–Kier alpha value is -3.54. The number of nitrogens with two attached hydrogens (primary N) is 1. The van der Waals surface area contributed by atoms with Crippen LogP contribution in [0.5, 0.6) is 0 Å². The number of aromatic nitrogens is 6. The predicted octanol–water partition coefficient (Wildman–Crippen LogP) is 1.99. The first-order valence-corrected chi connectivity index (χ1v) is 13.6. The van der Waals surface area contributed by atoms with Gasteiger partial charge < -0.3 is 20.7 Å². The highest BCUT2D eigenvalue weighted by Crippen LogP contribution is 2.21. The fourth-order valence-corrected chi connectivity index (χ4v) is 4.82. The molecule has 4 N–H and O–H groups in total. The molecule has 4 rings (SSSR count). The minimum atomic E-state index is -0.445. The number of nitrogens with zero attached hydrogens (tertiary/aromatic N) is 6. The normalized spacial score (nSPS) is 12.3. The van der Waals surface area contributed by atoms with Gasteiger partial charge in [-0.2, -0.15) is 10.2 Å². The summed E-state index contributed by atoms with van der Waals surface area (Å²) in [5, 5.41) is 21.5. The van der Waals surface area contributed by atoms with Crippen molar-refractivity contribution in [3.63, 3.8) is 0 Å². The van der Waals surface area contributed by atoms with Gasteiger partial charge in [0.1, 0.15) is 5.82 Å². The van der Waals surface area contributed by atoms with Crippen molar-refractivity contribution in [3.8, 4) is 0 Å². The van der Waals surface area contributed by atoms with Crippen LogP contribution in [0.25, 0.3) is 11.2 Å². The summed E-state index contributed by atoms with van der Waals surface area (Å²) in [4.78, 5) is 32.1. The number of hydrogen-bond acceptors (Lipinski definition) is 8. The summed E-state index contributed by atoms with van der Waals surface area (Å²) in [6.45, 7) is 5.82. The molecule has 3 heterocycles. The van der Waals surface area contributed by atoms with Gasteiger partial charge in [-0.1, -0.05) is 31.5 Å². The van der Waals surface area contributed by atoms with Crippen molar-refractivity contribution in [2.75, 3.05) is 18.8 Å². The van der Waals surface area contributed by atoms with Gasteiger partial charge in [0.25, 0.3) is 5.56 Å². The third kappa shape index (κ3) is 6.55. The van der Waals surface area contributed by atoms with E-state index in [9.17, 15) is 14.7 Å². The molecule has 0 radical (unpaired) electrons. The number of rotatable bonds is 13. The minimum Gasteiger partial charge on any atom is -0.399 e. The van der Waals surface area contributed by atoms with E-state index in [2.05, 4.69) is 15.5 Å². The summed E-state index contributed by atoms with van der Waals surface area (Å²) in [6, 6.07) is 7.15. The Morgan fingerprint density at radius 1 is 1.08 bits per heavy atom. The SMILES string of the molecule is CCCn1c(=O)c2c(nc(Cc3ccnnc3)n2CCNCC(O)CC)n(CCc2ccc(N)cc2Cl)c1=O. The second kappa shape index (κ2) is 13.0. The first-order chi connectivity index (χ1) is 18.8. The molecule has 39 heavy (non-hydrogen) atoms. The molecule has 0 aliphatic heterocycles. The molecule has 3 aromatic heterocycles. The quantitative estimate of drug-likeness (QED) is 0.168. The summed E-state index contributed by atoms with van der Waals surface area (Å²) in [5.41, 5.74) is 8.10. The Kier molecular flexibility index (Phi) is 9.50. The first-order valence-electron chi connectivity index (χ1n) is 13.2. The number of halogens is 1. The smallest absolute Gasteiger partial charge is 0.332 e. The highest BCUT2D eigenvalue weighted by atomic mass is 35.5. The van der Waals surface area contributed by atoms with Gasteiger partial charge >= 0.3 is 5.69 Å². The molecule has 11 nitrogen and oxygen atoms in total. The summed E-state index contributed by atoms with van der Waals surface area (Å²) in [5.74, 6) is 0.640. The number of hydrogen-bond donors (Lipinski definition) is 3. The number of fused-ring (bicyclic) bond motifs is 1. The van der Waals surface area contributed by atoms with Crippen molar-refractivity contribution in [1.82, 2.24) is 34.2 Å². The van der Waals surface area contributed by atoms with Crippen LogP contribution in [0.1, 0.15) is 43.6 Å². The largest absolute Gasteiger partial charge is 0.399 e. The van der Waals surface area contributed by atoms with E-state index in [-0.39, 0.29) is 12.1 Å². The zero-order valence-electron chi connectivity index (χ0n) is 22.3. The summed E-state index contributed by atoms with van der Waals surface area (Å²) in [7, 11) is 0. The van der Waals surface area contributed by atoms with Gasteiger partial charge in [-0.25, -0.2) is 9.78 Å². The van der Waals surface area contributed by atoms with Crippen molar-refractivity contribution in [3.05, 3.63) is 79.5 Å². The van der Waals surface area contributed by atoms with E-state index >= 15 is 0 Å². The summed E-state index contributed by atoms with van der Waals surface area (Å²) < 4.78 is 4.73. The van der Waals surface area contributed by atoms with Crippen molar-refractivity contribution in [2.45, 2.75) is 65.3 Å². The molecular weight excluding hydrogens is 520 g/mol. The molecule has 1 atom stereocenters. The predicted molar refractivity (Wildman–Crippen MR) is 152 cm³/mol. The van der Waals surface area contributed by atoms with Crippen LogP contribution in [0.15, 0.2) is 46.2 Å². The lowest BCUT2D eigenvalue weighted by Crippen LogP contribution is -2.41. The number of aryl methyl sites for hydroxylation is 2. The van der Waals surface area contributed by atoms with Crippen LogP contribution in [0.2, 0.25) is 5.02 Å². The van der Waals surface area contributed by atoms with Crippen LogP contribution < -0.4 is 22.3 Å². The first kappa shape index (κ1) is 28.5. The van der Waals surface area contributed by atoms with Gasteiger partial charge in [-0.3, -0.25) is 13.9 Å². The van der Waals surface area contributed by atoms with Crippen molar-refractivity contribution >= 4 is 28.5 Å². The molecule has 208 valence electrons. The maximum Gasteiger partial charge on any atom is 0.332 e. The monoisotopic (exact) mass is 554 g/mol. The van der Waals surface area contributed by atoms with Crippen LogP contribution in [0.3, 0.4) is 0 Å². The standard InChI is InChI=1S/C27H35ClN8O3/c1-3-11-36-26(38)24-25(35(27(36)39)12-8-19-5-6-20(29)15-22(19)28)33-23(14-18-7-9-31-32-16-18)34(24)13-10-30-17-21(37)4-2/h5-7,9,15-16,21,30,37H,3-4,8,10-14,17,29H2,1-2H3. The molecule has 1 aromatic carbocycles. The van der Waals surface area contributed by atoms with Crippen LogP contribution >= 0.6 is 11.6 Å². The lowest BCUT2D eigenvalue weighted by atomic mass is 10.1.